The Morgan fingerprint density at radius 3 is 2.81 bits per heavy atom. The molecule has 32 heavy (non-hydrogen) atoms. The fraction of sp³-hybridized carbons (Fsp3) is 0.227. The molecule has 2 heterocycles. The maximum Gasteiger partial charge on any atom is 0.318 e. The predicted octanol–water partition coefficient (Wildman–Crippen LogP) is 5.47. The Bertz CT molecular complexity index is 1240. The molecular formula is C22H21ClFN5O2S. The van der Waals surface area contributed by atoms with Crippen LogP contribution in [-0.2, 0) is 7.05 Å². The predicted molar refractivity (Wildman–Crippen MR) is 125 cm³/mol. The van der Waals surface area contributed by atoms with Gasteiger partial charge in [-0.15, -0.1) is 0 Å². The van der Waals surface area contributed by atoms with Crippen LogP contribution in [0, 0.1) is 5.82 Å². The van der Waals surface area contributed by atoms with Gasteiger partial charge in [0.2, 0.25) is 0 Å². The first kappa shape index (κ1) is 22.2. The fourth-order valence-electron chi connectivity index (χ4n) is 2.99. The Hall–Kier alpha value is -3.04. The van der Waals surface area contributed by atoms with E-state index in [-0.39, 0.29) is 11.7 Å². The molecule has 2 aromatic heterocycles. The molecule has 7 nitrogen and oxygen atoms in total. The number of benzene rings is 2. The molecule has 10 heteroatoms. The van der Waals surface area contributed by atoms with Crippen LogP contribution in [0.4, 0.5) is 15.9 Å². The van der Waals surface area contributed by atoms with E-state index in [2.05, 4.69) is 20.3 Å². The number of rotatable bonds is 9. The Kier molecular flexibility index (Phi) is 6.96. The minimum atomic E-state index is -0.480. The Morgan fingerprint density at radius 2 is 2.06 bits per heavy atom. The van der Waals surface area contributed by atoms with Gasteiger partial charge in [0.15, 0.2) is 5.16 Å². The van der Waals surface area contributed by atoms with Crippen LogP contribution >= 0.6 is 23.4 Å². The van der Waals surface area contributed by atoms with Gasteiger partial charge in [0.05, 0.1) is 24.9 Å². The highest BCUT2D eigenvalue weighted by molar-refractivity contribution is 7.99. The number of hydrogen-bond acceptors (Lipinski definition) is 7. The number of halogens is 2. The fourth-order valence-corrected chi connectivity index (χ4v) is 3.99. The molecule has 0 saturated carbocycles. The van der Waals surface area contributed by atoms with Crippen LogP contribution in [0.2, 0.25) is 5.02 Å². The van der Waals surface area contributed by atoms with Gasteiger partial charge >= 0.3 is 6.01 Å². The first-order valence-electron chi connectivity index (χ1n) is 9.84. The van der Waals surface area contributed by atoms with Crippen LogP contribution in [0.3, 0.4) is 0 Å². The molecular weight excluding hydrogens is 453 g/mol. The average Bonchev–Trinajstić information content (AvgIpc) is 3.19. The maximum absolute atomic E-state index is 14.2. The molecule has 4 aromatic rings. The number of anilines is 2. The van der Waals surface area contributed by atoms with E-state index >= 15 is 0 Å². The summed E-state index contributed by atoms with van der Waals surface area (Å²) in [6.45, 7) is 0.562. The molecule has 0 bridgehead atoms. The molecule has 0 atom stereocenters. The SMILES string of the molecule is COc1nc(Nc2ccc(Cl)cc2F)c2ccc(OCCCSc3nccn3C)cc2n1. The smallest absolute Gasteiger partial charge is 0.318 e. The quantitative estimate of drug-likeness (QED) is 0.255. The van der Waals surface area contributed by atoms with Crippen LogP contribution in [-0.4, -0.2) is 39.0 Å². The number of hydrogen-bond donors (Lipinski definition) is 1. The minimum absolute atomic E-state index is 0.165. The summed E-state index contributed by atoms with van der Waals surface area (Å²) in [7, 11) is 3.45. The van der Waals surface area contributed by atoms with Gasteiger partial charge in [-0.05, 0) is 36.8 Å². The number of aromatic nitrogens is 4. The highest BCUT2D eigenvalue weighted by Crippen LogP contribution is 2.30. The Morgan fingerprint density at radius 1 is 1.19 bits per heavy atom. The highest BCUT2D eigenvalue weighted by atomic mass is 35.5. The van der Waals surface area contributed by atoms with Gasteiger partial charge in [0, 0.05) is 41.7 Å². The second kappa shape index (κ2) is 10.1. The molecule has 0 fully saturated rings. The van der Waals surface area contributed by atoms with Gasteiger partial charge < -0.3 is 19.4 Å². The molecule has 4 rings (SSSR count). The summed E-state index contributed by atoms with van der Waals surface area (Å²) in [6, 6.07) is 10.1. The van der Waals surface area contributed by atoms with E-state index in [1.54, 1.807) is 30.1 Å². The molecule has 0 amide bonds. The molecule has 0 aliphatic rings. The molecule has 0 radical (unpaired) electrons. The second-order valence-corrected chi connectivity index (χ2v) is 8.36. The highest BCUT2D eigenvalue weighted by Gasteiger charge is 2.12. The summed E-state index contributed by atoms with van der Waals surface area (Å²) in [5.74, 6) is 1.52. The van der Waals surface area contributed by atoms with E-state index in [0.717, 1.165) is 17.3 Å². The molecule has 2 aromatic carbocycles. The van der Waals surface area contributed by atoms with Gasteiger partial charge in [0.25, 0.3) is 0 Å². The molecule has 0 saturated heterocycles. The zero-order valence-electron chi connectivity index (χ0n) is 17.5. The molecule has 0 spiro atoms. The summed E-state index contributed by atoms with van der Waals surface area (Å²) < 4.78 is 27.3. The number of imidazole rings is 1. The molecule has 1 N–H and O–H groups in total. The van der Waals surface area contributed by atoms with Crippen LogP contribution in [0.15, 0.2) is 53.9 Å². The summed E-state index contributed by atoms with van der Waals surface area (Å²) in [6.07, 6.45) is 4.58. The molecule has 0 aliphatic heterocycles. The number of ether oxygens (including phenoxy) is 2. The normalized spacial score (nSPS) is 11.0. The second-order valence-electron chi connectivity index (χ2n) is 6.86. The minimum Gasteiger partial charge on any atom is -0.493 e. The lowest BCUT2D eigenvalue weighted by Gasteiger charge is -2.12. The number of aryl methyl sites for hydroxylation is 1. The van der Waals surface area contributed by atoms with E-state index in [4.69, 9.17) is 21.1 Å². The van der Waals surface area contributed by atoms with E-state index in [0.29, 0.717) is 34.1 Å². The maximum atomic E-state index is 14.2. The van der Waals surface area contributed by atoms with E-state index < -0.39 is 5.82 Å². The van der Waals surface area contributed by atoms with E-state index in [1.165, 1.54) is 13.2 Å². The standard InChI is InChI=1S/C22H21ClFN5O2S/c1-29-9-8-25-22(29)32-11-3-10-31-15-5-6-16-19(13-15)27-21(30-2)28-20(16)26-18-7-4-14(23)12-17(18)24/h4-9,12-13H,3,10-11H2,1-2H3,(H,26,27,28). The number of nitrogens with zero attached hydrogens (tertiary/aromatic N) is 4. The van der Waals surface area contributed by atoms with Gasteiger partial charge in [-0.2, -0.15) is 9.97 Å². The van der Waals surface area contributed by atoms with Crippen LogP contribution < -0.4 is 14.8 Å². The van der Waals surface area contributed by atoms with Crippen molar-refractivity contribution >= 4 is 45.8 Å². The summed E-state index contributed by atoms with van der Waals surface area (Å²) in [5, 5.41) is 5.01. The lowest BCUT2D eigenvalue weighted by Crippen LogP contribution is -2.02. The van der Waals surface area contributed by atoms with Crippen LogP contribution in [0.25, 0.3) is 10.9 Å². The van der Waals surface area contributed by atoms with Crippen molar-refractivity contribution in [3.63, 3.8) is 0 Å². The number of thioether (sulfide) groups is 1. The third kappa shape index (κ3) is 5.23. The van der Waals surface area contributed by atoms with Gasteiger partial charge in [0.1, 0.15) is 17.4 Å². The van der Waals surface area contributed by atoms with E-state index in [9.17, 15) is 4.39 Å². The molecule has 166 valence electrons. The topological polar surface area (TPSA) is 74.1 Å². The van der Waals surface area contributed by atoms with Crippen molar-refractivity contribution in [2.45, 2.75) is 11.6 Å². The number of nitrogens with one attached hydrogen (secondary N) is 1. The lowest BCUT2D eigenvalue weighted by molar-refractivity contribution is 0.319. The van der Waals surface area contributed by atoms with Crippen molar-refractivity contribution in [3.8, 4) is 11.8 Å². The Labute approximate surface area is 193 Å². The van der Waals surface area contributed by atoms with Gasteiger partial charge in [-0.25, -0.2) is 9.37 Å². The van der Waals surface area contributed by atoms with Gasteiger partial charge in [-0.1, -0.05) is 23.4 Å². The van der Waals surface area contributed by atoms with Crippen molar-refractivity contribution < 1.29 is 13.9 Å². The van der Waals surface area contributed by atoms with Crippen molar-refractivity contribution in [3.05, 3.63) is 59.6 Å². The first-order valence-corrected chi connectivity index (χ1v) is 11.2. The number of fused-ring (bicyclic) bond motifs is 1. The summed E-state index contributed by atoms with van der Waals surface area (Å²) in [4.78, 5) is 13.0. The van der Waals surface area contributed by atoms with Crippen molar-refractivity contribution in [1.82, 2.24) is 19.5 Å². The third-order valence-corrected chi connectivity index (χ3v) is 5.96. The third-order valence-electron chi connectivity index (χ3n) is 4.58. The lowest BCUT2D eigenvalue weighted by atomic mass is 10.2. The number of methoxy groups -OCH3 is 1. The molecule has 0 unspecified atom stereocenters. The van der Waals surface area contributed by atoms with Crippen molar-refractivity contribution in [2.75, 3.05) is 24.8 Å². The summed E-state index contributed by atoms with van der Waals surface area (Å²) in [5.41, 5.74) is 0.871. The molecule has 0 aliphatic carbocycles. The average molecular weight is 474 g/mol. The van der Waals surface area contributed by atoms with Crippen LogP contribution in [0.1, 0.15) is 6.42 Å². The largest absolute Gasteiger partial charge is 0.493 e. The monoisotopic (exact) mass is 473 g/mol. The van der Waals surface area contributed by atoms with E-state index in [1.807, 2.05) is 36.0 Å². The first-order chi connectivity index (χ1) is 15.5. The Balaban J connectivity index is 1.46. The zero-order chi connectivity index (χ0) is 22.5. The summed E-state index contributed by atoms with van der Waals surface area (Å²) >= 11 is 7.53. The van der Waals surface area contributed by atoms with Crippen molar-refractivity contribution in [2.24, 2.45) is 7.05 Å². The van der Waals surface area contributed by atoms with Crippen molar-refractivity contribution in [1.29, 1.82) is 0 Å². The van der Waals surface area contributed by atoms with Gasteiger partial charge in [-0.3, -0.25) is 0 Å². The van der Waals surface area contributed by atoms with Crippen LogP contribution in [0.5, 0.6) is 11.8 Å². The zero-order valence-corrected chi connectivity index (χ0v) is 19.1.